The molecule has 0 spiro atoms. The van der Waals surface area contributed by atoms with Crippen molar-refractivity contribution in [2.75, 3.05) is 18.0 Å². The Bertz CT molecular complexity index is 875. The molecule has 0 radical (unpaired) electrons. The molecule has 0 saturated carbocycles. The van der Waals surface area contributed by atoms with Crippen LogP contribution in [0, 0.1) is 0 Å². The van der Waals surface area contributed by atoms with Crippen molar-refractivity contribution in [1.82, 2.24) is 20.3 Å². The number of anilines is 1. The molecule has 4 rings (SSSR count). The number of carbonyl (C=O) groups is 1. The molecule has 26 heavy (non-hydrogen) atoms. The second-order valence-electron chi connectivity index (χ2n) is 6.46. The highest BCUT2D eigenvalue weighted by atomic mass is 32.1. The molecule has 3 heterocycles. The van der Waals surface area contributed by atoms with Crippen LogP contribution in [0.1, 0.15) is 35.9 Å². The fourth-order valence-electron chi connectivity index (χ4n) is 3.19. The summed E-state index contributed by atoms with van der Waals surface area (Å²) in [6.45, 7) is 3.74. The molecular formula is C19H21N5OS. The standard InChI is InChI=1S/C19H21N5OS/c1-2-17-20-10-13(11-21-17)18(25)22-14-6-5-9-24(12-14)19-23-15-7-3-4-8-16(15)26-19/h3-4,7-8,10-11,14H,2,5-6,9,12H2,1H3,(H,22,25)/t14-/m0/s1. The number of aromatic nitrogens is 3. The first kappa shape index (κ1) is 16.9. The SMILES string of the molecule is CCc1ncc(C(=O)N[C@H]2CCCN(c3nc4ccccc4s3)C2)cn1. The van der Waals surface area contributed by atoms with Crippen LogP contribution in [0.4, 0.5) is 5.13 Å². The molecule has 2 aromatic heterocycles. The third-order valence-electron chi connectivity index (χ3n) is 4.59. The molecule has 1 aliphatic rings. The lowest BCUT2D eigenvalue weighted by Crippen LogP contribution is -2.47. The van der Waals surface area contributed by atoms with Crippen LogP contribution in [-0.4, -0.2) is 40.0 Å². The minimum atomic E-state index is -0.108. The normalized spacial score (nSPS) is 17.4. The van der Waals surface area contributed by atoms with Crippen LogP contribution in [-0.2, 0) is 6.42 Å². The van der Waals surface area contributed by atoms with Crippen LogP contribution in [0.15, 0.2) is 36.7 Å². The predicted molar refractivity (Wildman–Crippen MR) is 104 cm³/mol. The van der Waals surface area contributed by atoms with E-state index in [1.165, 1.54) is 4.70 Å². The Morgan fingerprint density at radius 2 is 2.12 bits per heavy atom. The summed E-state index contributed by atoms with van der Waals surface area (Å²) in [7, 11) is 0. The maximum absolute atomic E-state index is 12.5. The van der Waals surface area contributed by atoms with Crippen molar-refractivity contribution in [3.8, 4) is 0 Å². The first-order valence-electron chi connectivity index (χ1n) is 8.95. The average molecular weight is 367 g/mol. The van der Waals surface area contributed by atoms with Crippen molar-refractivity contribution in [1.29, 1.82) is 0 Å². The smallest absolute Gasteiger partial charge is 0.254 e. The van der Waals surface area contributed by atoms with Crippen molar-refractivity contribution in [3.63, 3.8) is 0 Å². The highest BCUT2D eigenvalue weighted by molar-refractivity contribution is 7.22. The van der Waals surface area contributed by atoms with Crippen molar-refractivity contribution in [2.24, 2.45) is 0 Å². The summed E-state index contributed by atoms with van der Waals surface area (Å²) in [6.07, 6.45) is 5.99. The van der Waals surface area contributed by atoms with Crippen LogP contribution in [0.5, 0.6) is 0 Å². The van der Waals surface area contributed by atoms with E-state index in [1.54, 1.807) is 23.7 Å². The van der Waals surface area contributed by atoms with Gasteiger partial charge in [0, 0.05) is 37.9 Å². The second kappa shape index (κ2) is 7.37. The third-order valence-corrected chi connectivity index (χ3v) is 5.69. The lowest BCUT2D eigenvalue weighted by molar-refractivity contribution is 0.0932. The molecule has 1 amide bonds. The van der Waals surface area contributed by atoms with Gasteiger partial charge < -0.3 is 10.2 Å². The van der Waals surface area contributed by atoms with Gasteiger partial charge in [-0.05, 0) is 25.0 Å². The fourth-order valence-corrected chi connectivity index (χ4v) is 4.19. The molecular weight excluding hydrogens is 346 g/mol. The third kappa shape index (κ3) is 3.53. The van der Waals surface area contributed by atoms with Gasteiger partial charge in [0.05, 0.1) is 15.8 Å². The Hall–Kier alpha value is -2.54. The molecule has 1 fully saturated rings. The van der Waals surface area contributed by atoms with Gasteiger partial charge in [-0.25, -0.2) is 15.0 Å². The van der Waals surface area contributed by atoms with E-state index < -0.39 is 0 Å². The van der Waals surface area contributed by atoms with Gasteiger partial charge in [-0.2, -0.15) is 0 Å². The molecule has 0 bridgehead atoms. The topological polar surface area (TPSA) is 71.0 Å². The zero-order chi connectivity index (χ0) is 17.9. The number of fused-ring (bicyclic) bond motifs is 1. The van der Waals surface area contributed by atoms with E-state index in [-0.39, 0.29) is 11.9 Å². The molecule has 3 aromatic rings. The lowest BCUT2D eigenvalue weighted by Gasteiger charge is -2.32. The number of nitrogens with one attached hydrogen (secondary N) is 1. The molecule has 6 nitrogen and oxygen atoms in total. The molecule has 0 aliphatic carbocycles. The van der Waals surface area contributed by atoms with E-state index in [9.17, 15) is 4.79 Å². The summed E-state index contributed by atoms with van der Waals surface area (Å²) in [5, 5.41) is 4.15. The number of nitrogens with zero attached hydrogens (tertiary/aromatic N) is 4. The number of rotatable bonds is 4. The summed E-state index contributed by atoms with van der Waals surface area (Å²) >= 11 is 1.71. The number of para-hydroxylation sites is 1. The fraction of sp³-hybridized carbons (Fsp3) is 0.368. The first-order valence-corrected chi connectivity index (χ1v) is 9.77. The number of carbonyl (C=O) groups excluding carboxylic acids is 1. The van der Waals surface area contributed by atoms with E-state index in [4.69, 9.17) is 4.98 Å². The molecule has 1 aromatic carbocycles. The molecule has 1 N–H and O–H groups in total. The van der Waals surface area contributed by atoms with Gasteiger partial charge in [-0.15, -0.1) is 0 Å². The maximum atomic E-state index is 12.5. The summed E-state index contributed by atoms with van der Waals surface area (Å²) in [4.78, 5) is 27.9. The monoisotopic (exact) mass is 367 g/mol. The molecule has 1 aliphatic heterocycles. The van der Waals surface area contributed by atoms with Crippen molar-refractivity contribution in [3.05, 3.63) is 48.0 Å². The van der Waals surface area contributed by atoms with Crippen molar-refractivity contribution >= 4 is 32.6 Å². The summed E-state index contributed by atoms with van der Waals surface area (Å²) in [5.74, 6) is 0.644. The van der Waals surface area contributed by atoms with Crippen LogP contribution < -0.4 is 10.2 Å². The summed E-state index contributed by atoms with van der Waals surface area (Å²) in [5.41, 5.74) is 1.55. The summed E-state index contributed by atoms with van der Waals surface area (Å²) < 4.78 is 1.20. The minimum absolute atomic E-state index is 0.106. The van der Waals surface area contributed by atoms with Crippen LogP contribution in [0.25, 0.3) is 10.2 Å². The zero-order valence-electron chi connectivity index (χ0n) is 14.7. The number of hydrogen-bond donors (Lipinski definition) is 1. The van der Waals surface area contributed by atoms with Gasteiger partial charge in [0.2, 0.25) is 0 Å². The van der Waals surface area contributed by atoms with Gasteiger partial charge in [0.15, 0.2) is 5.13 Å². The number of benzene rings is 1. The van der Waals surface area contributed by atoms with E-state index in [1.807, 2.05) is 25.1 Å². The quantitative estimate of drug-likeness (QED) is 0.767. The molecule has 1 saturated heterocycles. The van der Waals surface area contributed by atoms with Gasteiger partial charge in [0.1, 0.15) is 5.82 Å². The van der Waals surface area contributed by atoms with E-state index in [0.29, 0.717) is 5.56 Å². The van der Waals surface area contributed by atoms with Crippen LogP contribution in [0.2, 0.25) is 0 Å². The van der Waals surface area contributed by atoms with Gasteiger partial charge in [0.25, 0.3) is 5.91 Å². The maximum Gasteiger partial charge on any atom is 0.254 e. The summed E-state index contributed by atoms with van der Waals surface area (Å²) in [6, 6.07) is 8.29. The number of aryl methyl sites for hydroxylation is 1. The Kier molecular flexibility index (Phi) is 4.79. The second-order valence-corrected chi connectivity index (χ2v) is 7.47. The minimum Gasteiger partial charge on any atom is -0.347 e. The zero-order valence-corrected chi connectivity index (χ0v) is 15.5. The van der Waals surface area contributed by atoms with Gasteiger partial charge >= 0.3 is 0 Å². The average Bonchev–Trinajstić information content (AvgIpc) is 3.12. The Morgan fingerprint density at radius 1 is 1.31 bits per heavy atom. The Morgan fingerprint density at radius 3 is 2.88 bits per heavy atom. The van der Waals surface area contributed by atoms with Gasteiger partial charge in [-0.3, -0.25) is 4.79 Å². The Balaban J connectivity index is 1.43. The highest BCUT2D eigenvalue weighted by Gasteiger charge is 2.24. The number of thiazole rings is 1. The highest BCUT2D eigenvalue weighted by Crippen LogP contribution is 2.30. The van der Waals surface area contributed by atoms with Gasteiger partial charge in [-0.1, -0.05) is 30.4 Å². The van der Waals surface area contributed by atoms with E-state index >= 15 is 0 Å². The van der Waals surface area contributed by atoms with E-state index in [2.05, 4.69) is 26.3 Å². The van der Waals surface area contributed by atoms with Crippen LogP contribution in [0.3, 0.4) is 0 Å². The van der Waals surface area contributed by atoms with Crippen molar-refractivity contribution in [2.45, 2.75) is 32.2 Å². The number of amides is 1. The number of piperidine rings is 1. The van der Waals surface area contributed by atoms with Crippen LogP contribution >= 0.6 is 11.3 Å². The first-order chi connectivity index (χ1) is 12.7. The largest absolute Gasteiger partial charge is 0.347 e. The Labute approximate surface area is 156 Å². The number of hydrogen-bond acceptors (Lipinski definition) is 6. The van der Waals surface area contributed by atoms with Crippen molar-refractivity contribution < 1.29 is 4.79 Å². The lowest BCUT2D eigenvalue weighted by atomic mass is 10.1. The predicted octanol–water partition coefficient (Wildman–Crippen LogP) is 3.05. The van der Waals surface area contributed by atoms with E-state index in [0.717, 1.165) is 48.8 Å². The molecule has 1 atom stereocenters. The molecule has 7 heteroatoms. The molecule has 134 valence electrons. The molecule has 0 unspecified atom stereocenters.